The van der Waals surface area contributed by atoms with Crippen molar-refractivity contribution in [2.24, 2.45) is 0 Å². The van der Waals surface area contributed by atoms with Crippen LogP contribution < -0.4 is 14.2 Å². The van der Waals surface area contributed by atoms with Gasteiger partial charge in [-0.25, -0.2) is 0 Å². The van der Waals surface area contributed by atoms with Crippen molar-refractivity contribution in [3.05, 3.63) is 95.6 Å². The predicted octanol–water partition coefficient (Wildman–Crippen LogP) is 5.25. The Morgan fingerprint density at radius 3 is 2.42 bits per heavy atom. The molecule has 130 valence electrons. The van der Waals surface area contributed by atoms with Crippen LogP contribution >= 0.6 is 0 Å². The van der Waals surface area contributed by atoms with E-state index in [0.29, 0.717) is 6.61 Å². The Balaban J connectivity index is 1.44. The standard InChI is InChI=1S/C23H20O3/c1-24-21-13-9-19-10-14-22(26-23(19)15-21)18-7-11-20(12-8-18)25-16-17-5-3-2-4-6-17/h2-9,11-15H,10,16H2,1H3. The molecule has 0 saturated heterocycles. The van der Waals surface area contributed by atoms with E-state index in [1.54, 1.807) is 7.11 Å². The summed E-state index contributed by atoms with van der Waals surface area (Å²) in [5.41, 5.74) is 3.35. The molecular formula is C23H20O3. The molecule has 26 heavy (non-hydrogen) atoms. The van der Waals surface area contributed by atoms with Crippen LogP contribution in [0.15, 0.2) is 78.9 Å². The number of hydrogen-bond donors (Lipinski definition) is 0. The molecule has 0 saturated carbocycles. The average Bonchev–Trinajstić information content (AvgIpc) is 2.72. The number of ether oxygens (including phenoxy) is 3. The Labute approximate surface area is 153 Å². The van der Waals surface area contributed by atoms with Gasteiger partial charge in [0.1, 0.15) is 29.6 Å². The minimum absolute atomic E-state index is 0.562. The molecule has 3 heteroatoms. The monoisotopic (exact) mass is 344 g/mol. The zero-order valence-electron chi connectivity index (χ0n) is 14.6. The lowest BCUT2D eigenvalue weighted by molar-refractivity contribution is 0.306. The zero-order chi connectivity index (χ0) is 17.8. The van der Waals surface area contributed by atoms with E-state index >= 15 is 0 Å². The van der Waals surface area contributed by atoms with Gasteiger partial charge >= 0.3 is 0 Å². The molecule has 0 bridgehead atoms. The van der Waals surface area contributed by atoms with Crippen molar-refractivity contribution >= 4 is 5.76 Å². The second-order valence-corrected chi connectivity index (χ2v) is 6.15. The molecule has 0 N–H and O–H groups in total. The molecular weight excluding hydrogens is 324 g/mol. The van der Waals surface area contributed by atoms with Gasteiger partial charge in [-0.15, -0.1) is 0 Å². The summed E-state index contributed by atoms with van der Waals surface area (Å²) in [6.07, 6.45) is 2.95. The third kappa shape index (κ3) is 3.57. The average molecular weight is 344 g/mol. The van der Waals surface area contributed by atoms with E-state index < -0.39 is 0 Å². The smallest absolute Gasteiger partial charge is 0.134 e. The lowest BCUT2D eigenvalue weighted by atomic mass is 10.0. The van der Waals surface area contributed by atoms with E-state index in [4.69, 9.17) is 14.2 Å². The van der Waals surface area contributed by atoms with E-state index in [0.717, 1.165) is 46.1 Å². The topological polar surface area (TPSA) is 27.7 Å². The van der Waals surface area contributed by atoms with E-state index in [-0.39, 0.29) is 0 Å². The molecule has 4 rings (SSSR count). The highest BCUT2D eigenvalue weighted by atomic mass is 16.5. The van der Waals surface area contributed by atoms with Gasteiger partial charge in [0, 0.05) is 11.6 Å². The first-order valence-electron chi connectivity index (χ1n) is 8.64. The normalized spacial score (nSPS) is 12.6. The molecule has 1 heterocycles. The van der Waals surface area contributed by atoms with Crippen molar-refractivity contribution in [3.8, 4) is 17.2 Å². The fraction of sp³-hybridized carbons (Fsp3) is 0.130. The van der Waals surface area contributed by atoms with E-state index in [9.17, 15) is 0 Å². The minimum atomic E-state index is 0.562. The lowest BCUT2D eigenvalue weighted by Crippen LogP contribution is -2.04. The van der Waals surface area contributed by atoms with Gasteiger partial charge in [-0.3, -0.25) is 0 Å². The van der Waals surface area contributed by atoms with Crippen LogP contribution in [-0.4, -0.2) is 7.11 Å². The largest absolute Gasteiger partial charge is 0.497 e. The second-order valence-electron chi connectivity index (χ2n) is 6.15. The summed E-state index contributed by atoms with van der Waals surface area (Å²) in [6.45, 7) is 0.562. The Morgan fingerprint density at radius 2 is 1.65 bits per heavy atom. The van der Waals surface area contributed by atoms with Gasteiger partial charge < -0.3 is 14.2 Å². The Morgan fingerprint density at radius 1 is 0.885 bits per heavy atom. The molecule has 1 aliphatic rings. The molecule has 0 fully saturated rings. The first-order chi connectivity index (χ1) is 12.8. The van der Waals surface area contributed by atoms with Crippen LogP contribution in [0.1, 0.15) is 16.7 Å². The number of fused-ring (bicyclic) bond motifs is 1. The van der Waals surface area contributed by atoms with Crippen molar-refractivity contribution in [1.82, 2.24) is 0 Å². The Bertz CT molecular complexity index is 912. The summed E-state index contributed by atoms with van der Waals surface area (Å²) in [5.74, 6) is 3.36. The Kier molecular flexibility index (Phi) is 4.61. The molecule has 3 aromatic carbocycles. The predicted molar refractivity (Wildman–Crippen MR) is 103 cm³/mol. The van der Waals surface area contributed by atoms with Crippen LogP contribution in [0.4, 0.5) is 0 Å². The molecule has 3 aromatic rings. The number of benzene rings is 3. The zero-order valence-corrected chi connectivity index (χ0v) is 14.6. The van der Waals surface area contributed by atoms with Crippen molar-refractivity contribution in [2.75, 3.05) is 7.11 Å². The summed E-state index contributed by atoms with van der Waals surface area (Å²) in [6, 6.07) is 24.1. The van der Waals surface area contributed by atoms with E-state index in [1.165, 1.54) is 0 Å². The van der Waals surface area contributed by atoms with Crippen LogP contribution in [0.5, 0.6) is 17.2 Å². The summed E-state index contributed by atoms with van der Waals surface area (Å²) in [4.78, 5) is 0. The second kappa shape index (κ2) is 7.36. The van der Waals surface area contributed by atoms with Crippen LogP contribution in [0.3, 0.4) is 0 Å². The van der Waals surface area contributed by atoms with Crippen molar-refractivity contribution in [3.63, 3.8) is 0 Å². The first kappa shape index (κ1) is 16.3. The van der Waals surface area contributed by atoms with Gasteiger partial charge in [-0.2, -0.15) is 0 Å². The van der Waals surface area contributed by atoms with Crippen LogP contribution in [0.25, 0.3) is 5.76 Å². The molecule has 0 atom stereocenters. The van der Waals surface area contributed by atoms with Gasteiger partial charge in [0.05, 0.1) is 7.11 Å². The highest BCUT2D eigenvalue weighted by Gasteiger charge is 2.15. The maximum absolute atomic E-state index is 6.07. The lowest BCUT2D eigenvalue weighted by Gasteiger charge is -2.19. The molecule has 0 radical (unpaired) electrons. The third-order valence-electron chi connectivity index (χ3n) is 4.39. The molecule has 0 unspecified atom stereocenters. The summed E-state index contributed by atoms with van der Waals surface area (Å²) in [7, 11) is 1.66. The first-order valence-corrected chi connectivity index (χ1v) is 8.64. The van der Waals surface area contributed by atoms with E-state index in [1.807, 2.05) is 60.7 Å². The van der Waals surface area contributed by atoms with Crippen molar-refractivity contribution < 1.29 is 14.2 Å². The van der Waals surface area contributed by atoms with Gasteiger partial charge in [0.15, 0.2) is 0 Å². The van der Waals surface area contributed by atoms with Crippen molar-refractivity contribution in [2.45, 2.75) is 13.0 Å². The third-order valence-corrected chi connectivity index (χ3v) is 4.39. The highest BCUT2D eigenvalue weighted by Crippen LogP contribution is 2.33. The van der Waals surface area contributed by atoms with E-state index in [2.05, 4.69) is 18.2 Å². The van der Waals surface area contributed by atoms with Gasteiger partial charge in [-0.1, -0.05) is 36.4 Å². The van der Waals surface area contributed by atoms with Crippen LogP contribution in [0, 0.1) is 0 Å². The van der Waals surface area contributed by atoms with Gasteiger partial charge in [0.25, 0.3) is 0 Å². The summed E-state index contributed by atoms with van der Waals surface area (Å²) >= 11 is 0. The van der Waals surface area contributed by atoms with Gasteiger partial charge in [0.2, 0.25) is 0 Å². The molecule has 0 aromatic heterocycles. The maximum atomic E-state index is 6.07. The summed E-state index contributed by atoms with van der Waals surface area (Å²) in [5, 5.41) is 0. The van der Waals surface area contributed by atoms with Crippen LogP contribution in [0.2, 0.25) is 0 Å². The fourth-order valence-corrected chi connectivity index (χ4v) is 2.92. The quantitative estimate of drug-likeness (QED) is 0.633. The van der Waals surface area contributed by atoms with Crippen LogP contribution in [-0.2, 0) is 13.0 Å². The highest BCUT2D eigenvalue weighted by molar-refractivity contribution is 5.66. The maximum Gasteiger partial charge on any atom is 0.134 e. The molecule has 0 aliphatic carbocycles. The molecule has 3 nitrogen and oxygen atoms in total. The fourth-order valence-electron chi connectivity index (χ4n) is 2.92. The number of methoxy groups -OCH3 is 1. The number of rotatable bonds is 5. The van der Waals surface area contributed by atoms with Gasteiger partial charge in [-0.05, 0) is 54.0 Å². The molecule has 0 amide bonds. The molecule has 1 aliphatic heterocycles. The minimum Gasteiger partial charge on any atom is -0.497 e. The molecule has 0 spiro atoms. The summed E-state index contributed by atoms with van der Waals surface area (Å²) < 4.78 is 17.2. The van der Waals surface area contributed by atoms with Crippen molar-refractivity contribution in [1.29, 1.82) is 0 Å². The number of allylic oxidation sites excluding steroid dienone is 1. The SMILES string of the molecule is COc1ccc2c(c1)OC(c1ccc(OCc3ccccc3)cc1)=CC2. The Hall–Kier alpha value is -3.20. The number of hydrogen-bond acceptors (Lipinski definition) is 3.